The minimum atomic E-state index is -0.621. The first-order valence-corrected chi connectivity index (χ1v) is 5.03. The van der Waals surface area contributed by atoms with Crippen molar-refractivity contribution >= 4 is 17.1 Å². The van der Waals surface area contributed by atoms with Gasteiger partial charge in [0.1, 0.15) is 6.29 Å². The zero-order valence-electron chi connectivity index (χ0n) is 5.91. The van der Waals surface area contributed by atoms with Crippen LogP contribution in [0.4, 0.5) is 0 Å². The van der Waals surface area contributed by atoms with E-state index in [1.165, 1.54) is 0 Å². The first-order valence-electron chi connectivity index (χ1n) is 3.65. The molecule has 1 rings (SSSR count). The lowest BCUT2D eigenvalue weighted by Crippen LogP contribution is -2.02. The molecule has 0 N–H and O–H groups in total. The van der Waals surface area contributed by atoms with Gasteiger partial charge in [0, 0.05) is 28.2 Å². The van der Waals surface area contributed by atoms with Gasteiger partial charge in [-0.15, -0.1) is 0 Å². The van der Waals surface area contributed by atoms with Crippen LogP contribution in [0.3, 0.4) is 0 Å². The van der Waals surface area contributed by atoms with E-state index in [0.29, 0.717) is 11.7 Å². The molecule has 1 aliphatic rings. The molecule has 1 fully saturated rings. The summed E-state index contributed by atoms with van der Waals surface area (Å²) >= 11 is 0. The third-order valence-electron chi connectivity index (χ3n) is 1.56. The highest BCUT2D eigenvalue weighted by atomic mass is 32.2. The average molecular weight is 160 g/mol. The van der Waals surface area contributed by atoms with Crippen LogP contribution in [0.1, 0.15) is 25.7 Å². The molecule has 0 amide bonds. The zero-order valence-corrected chi connectivity index (χ0v) is 6.73. The highest BCUT2D eigenvalue weighted by molar-refractivity contribution is 7.85. The molecule has 3 heteroatoms. The van der Waals surface area contributed by atoms with Crippen LogP contribution >= 0.6 is 0 Å². The fourth-order valence-electron chi connectivity index (χ4n) is 0.807. The van der Waals surface area contributed by atoms with Crippen molar-refractivity contribution in [1.82, 2.24) is 0 Å². The Morgan fingerprint density at radius 2 is 2.20 bits per heavy atom. The normalized spacial score (nSPS) is 20.4. The highest BCUT2D eigenvalue weighted by Gasteiger charge is 2.27. The molecule has 0 aliphatic heterocycles. The molecular formula is C7H12O2S. The standard InChI is InChI=1S/C7H12O2S/c8-5-1-2-6-10(9)7-3-4-7/h5,7H,1-4,6H2. The molecule has 2 nitrogen and oxygen atoms in total. The van der Waals surface area contributed by atoms with Gasteiger partial charge >= 0.3 is 0 Å². The Balaban J connectivity index is 2.00. The maximum atomic E-state index is 11.1. The van der Waals surface area contributed by atoms with Crippen molar-refractivity contribution < 1.29 is 9.00 Å². The van der Waals surface area contributed by atoms with E-state index in [9.17, 15) is 9.00 Å². The molecule has 1 unspecified atom stereocenters. The summed E-state index contributed by atoms with van der Waals surface area (Å²) < 4.78 is 11.1. The van der Waals surface area contributed by atoms with Crippen LogP contribution in [0.15, 0.2) is 0 Å². The van der Waals surface area contributed by atoms with Gasteiger partial charge in [0.2, 0.25) is 0 Å². The summed E-state index contributed by atoms with van der Waals surface area (Å²) in [5, 5.41) is 0.478. The maximum absolute atomic E-state index is 11.1. The molecule has 1 saturated carbocycles. The summed E-state index contributed by atoms with van der Waals surface area (Å²) in [5.41, 5.74) is 0. The molecule has 0 spiro atoms. The van der Waals surface area contributed by atoms with E-state index in [0.717, 1.165) is 31.3 Å². The second-order valence-corrected chi connectivity index (χ2v) is 4.43. The lowest BCUT2D eigenvalue weighted by Gasteiger charge is -1.94. The largest absolute Gasteiger partial charge is 0.303 e. The van der Waals surface area contributed by atoms with Crippen molar-refractivity contribution in [3.8, 4) is 0 Å². The monoisotopic (exact) mass is 160 g/mol. The number of hydrogen-bond acceptors (Lipinski definition) is 2. The van der Waals surface area contributed by atoms with Crippen molar-refractivity contribution in [3.05, 3.63) is 0 Å². The first kappa shape index (κ1) is 7.92. The lowest BCUT2D eigenvalue weighted by molar-refractivity contribution is -0.107. The third-order valence-corrected chi connectivity index (χ3v) is 3.47. The van der Waals surface area contributed by atoms with E-state index in [2.05, 4.69) is 0 Å². The van der Waals surface area contributed by atoms with Crippen molar-refractivity contribution in [1.29, 1.82) is 0 Å². The summed E-state index contributed by atoms with van der Waals surface area (Å²) in [6.07, 6.45) is 4.52. The molecule has 0 aromatic carbocycles. The topological polar surface area (TPSA) is 34.1 Å². The Morgan fingerprint density at radius 3 is 2.70 bits per heavy atom. The SMILES string of the molecule is O=CCCCS(=O)C1CC1. The minimum Gasteiger partial charge on any atom is -0.303 e. The lowest BCUT2D eigenvalue weighted by atomic mass is 10.4. The van der Waals surface area contributed by atoms with Crippen molar-refractivity contribution in [3.63, 3.8) is 0 Å². The van der Waals surface area contributed by atoms with Gasteiger partial charge in [0.25, 0.3) is 0 Å². The number of aldehydes is 1. The van der Waals surface area contributed by atoms with Gasteiger partial charge in [-0.25, -0.2) is 0 Å². The van der Waals surface area contributed by atoms with Crippen molar-refractivity contribution in [2.45, 2.75) is 30.9 Å². The van der Waals surface area contributed by atoms with Crippen LogP contribution in [-0.2, 0) is 15.6 Å². The van der Waals surface area contributed by atoms with Crippen LogP contribution < -0.4 is 0 Å². The number of rotatable bonds is 5. The second kappa shape index (κ2) is 3.86. The molecule has 0 aromatic rings. The molecule has 0 saturated heterocycles. The number of hydrogen-bond donors (Lipinski definition) is 0. The number of carbonyl (C=O) groups is 1. The van der Waals surface area contributed by atoms with E-state index in [-0.39, 0.29) is 0 Å². The molecule has 1 aliphatic carbocycles. The quantitative estimate of drug-likeness (QED) is 0.442. The minimum absolute atomic E-state index is 0.478. The predicted molar refractivity (Wildman–Crippen MR) is 41.3 cm³/mol. The van der Waals surface area contributed by atoms with Crippen LogP contribution in [-0.4, -0.2) is 21.5 Å². The van der Waals surface area contributed by atoms with Gasteiger partial charge < -0.3 is 4.79 Å². The van der Waals surface area contributed by atoms with Gasteiger partial charge in [-0.1, -0.05) is 0 Å². The Kier molecular flexibility index (Phi) is 3.06. The van der Waals surface area contributed by atoms with Crippen LogP contribution in [0.25, 0.3) is 0 Å². The number of unbranched alkanes of at least 4 members (excludes halogenated alkanes) is 1. The van der Waals surface area contributed by atoms with Gasteiger partial charge in [0.15, 0.2) is 0 Å². The summed E-state index contributed by atoms with van der Waals surface area (Å²) in [7, 11) is -0.621. The Labute approximate surface area is 63.5 Å². The van der Waals surface area contributed by atoms with Crippen LogP contribution in [0, 0.1) is 0 Å². The fourth-order valence-corrected chi connectivity index (χ4v) is 2.25. The molecule has 0 aromatic heterocycles. The van der Waals surface area contributed by atoms with E-state index in [4.69, 9.17) is 0 Å². The molecule has 58 valence electrons. The Bertz CT molecular complexity index is 141. The van der Waals surface area contributed by atoms with E-state index >= 15 is 0 Å². The van der Waals surface area contributed by atoms with Crippen molar-refractivity contribution in [2.75, 3.05) is 5.75 Å². The predicted octanol–water partition coefficient (Wildman–Crippen LogP) is 0.877. The molecule has 1 atom stereocenters. The fraction of sp³-hybridized carbons (Fsp3) is 0.857. The van der Waals surface area contributed by atoms with Crippen LogP contribution in [0.2, 0.25) is 0 Å². The Morgan fingerprint density at radius 1 is 1.50 bits per heavy atom. The molecule has 0 radical (unpaired) electrons. The van der Waals surface area contributed by atoms with Gasteiger partial charge in [0.05, 0.1) is 0 Å². The van der Waals surface area contributed by atoms with E-state index < -0.39 is 10.8 Å². The highest BCUT2D eigenvalue weighted by Crippen LogP contribution is 2.26. The molecule has 10 heavy (non-hydrogen) atoms. The van der Waals surface area contributed by atoms with E-state index in [1.807, 2.05) is 0 Å². The molecular weight excluding hydrogens is 148 g/mol. The average Bonchev–Trinajstić information content (AvgIpc) is 2.69. The summed E-state index contributed by atoms with van der Waals surface area (Å²) in [6.45, 7) is 0. The summed E-state index contributed by atoms with van der Waals surface area (Å²) in [6, 6.07) is 0. The van der Waals surface area contributed by atoms with Gasteiger partial charge in [-0.05, 0) is 19.3 Å². The van der Waals surface area contributed by atoms with Crippen LogP contribution in [0.5, 0.6) is 0 Å². The summed E-state index contributed by atoms with van der Waals surface area (Å²) in [4.78, 5) is 9.87. The van der Waals surface area contributed by atoms with Gasteiger partial charge in [-0.2, -0.15) is 0 Å². The molecule has 0 heterocycles. The first-order chi connectivity index (χ1) is 4.84. The molecule has 0 bridgehead atoms. The second-order valence-electron chi connectivity index (χ2n) is 2.59. The Hall–Kier alpha value is -0.180. The smallest absolute Gasteiger partial charge is 0.120 e. The zero-order chi connectivity index (χ0) is 7.40. The van der Waals surface area contributed by atoms with E-state index in [1.54, 1.807) is 0 Å². The third kappa shape index (κ3) is 2.60. The van der Waals surface area contributed by atoms with Gasteiger partial charge in [-0.3, -0.25) is 4.21 Å². The maximum Gasteiger partial charge on any atom is 0.120 e. The van der Waals surface area contributed by atoms with Crippen molar-refractivity contribution in [2.24, 2.45) is 0 Å². The summed E-state index contributed by atoms with van der Waals surface area (Å²) in [5.74, 6) is 0.726. The number of carbonyl (C=O) groups excluding carboxylic acids is 1.